The Balaban J connectivity index is 2.40. The van der Waals surface area contributed by atoms with E-state index in [9.17, 15) is 14.7 Å². The molecule has 0 spiro atoms. The monoisotopic (exact) mass is 256 g/mol. The lowest BCUT2D eigenvalue weighted by atomic mass is 10.4. The molecule has 0 aliphatic heterocycles. The number of nitrogens with zero attached hydrogens (tertiary/aromatic N) is 1. The molecule has 0 fully saturated rings. The summed E-state index contributed by atoms with van der Waals surface area (Å²) in [6.45, 7) is 1.50. The number of Topliss-reactive ketones (excluding diaryl/α,β-unsaturated/α-hetero) is 1. The molecule has 2 rings (SSSR count). The summed E-state index contributed by atoms with van der Waals surface area (Å²) in [4.78, 5) is 28.5. The van der Waals surface area contributed by atoms with Crippen LogP contribution in [0.1, 0.15) is 6.92 Å². The topological polar surface area (TPSA) is 83.0 Å². The van der Waals surface area contributed by atoms with Crippen molar-refractivity contribution >= 4 is 39.2 Å². The lowest BCUT2D eigenvalue weighted by Crippen LogP contribution is -2.02. The number of thiazole rings is 1. The molecule has 2 heterocycles. The summed E-state index contributed by atoms with van der Waals surface area (Å²) >= 11 is 2.55. The van der Waals surface area contributed by atoms with Gasteiger partial charge in [-0.05, 0) is 6.92 Å². The minimum atomic E-state index is -0.390. The highest BCUT2D eigenvalue weighted by molar-refractivity contribution is 8.01. The van der Waals surface area contributed by atoms with E-state index in [-0.39, 0.29) is 11.5 Å². The summed E-state index contributed by atoms with van der Waals surface area (Å²) in [5.74, 6) is 0.318. The largest absolute Gasteiger partial charge is 0.506 e. The Morgan fingerprint density at radius 2 is 2.44 bits per heavy atom. The maximum Gasteiger partial charge on any atom is 0.253 e. The molecule has 84 valence electrons. The Labute approximate surface area is 98.5 Å². The molecule has 0 saturated carbocycles. The third-order valence-corrected chi connectivity index (χ3v) is 4.11. The maximum atomic E-state index is 11.1. The van der Waals surface area contributed by atoms with Gasteiger partial charge in [-0.2, -0.15) is 0 Å². The molecule has 0 aliphatic carbocycles. The average molecular weight is 256 g/mol. The van der Waals surface area contributed by atoms with Crippen molar-refractivity contribution in [2.75, 3.05) is 5.75 Å². The smallest absolute Gasteiger partial charge is 0.253 e. The van der Waals surface area contributed by atoms with Crippen LogP contribution in [0.3, 0.4) is 0 Å². The summed E-state index contributed by atoms with van der Waals surface area (Å²) in [6.07, 6.45) is 0. The van der Waals surface area contributed by atoms with E-state index < -0.39 is 5.56 Å². The van der Waals surface area contributed by atoms with Crippen molar-refractivity contribution in [1.29, 1.82) is 0 Å². The highest BCUT2D eigenvalue weighted by Crippen LogP contribution is 2.32. The van der Waals surface area contributed by atoms with Crippen LogP contribution in [0.15, 0.2) is 15.2 Å². The van der Waals surface area contributed by atoms with Crippen LogP contribution in [0.25, 0.3) is 10.3 Å². The van der Waals surface area contributed by atoms with Crippen LogP contribution >= 0.6 is 23.1 Å². The van der Waals surface area contributed by atoms with Gasteiger partial charge in [0, 0.05) is 6.07 Å². The molecule has 5 nitrogen and oxygen atoms in total. The van der Waals surface area contributed by atoms with E-state index in [0.717, 1.165) is 6.07 Å². The number of carbonyl (C=O) groups excluding carboxylic acids is 1. The predicted octanol–water partition coefficient (Wildman–Crippen LogP) is 1.37. The molecule has 7 heteroatoms. The van der Waals surface area contributed by atoms with Gasteiger partial charge in [0.05, 0.1) is 5.75 Å². The number of aromatic hydroxyl groups is 1. The molecule has 0 radical (unpaired) electrons. The Hall–Kier alpha value is -1.34. The summed E-state index contributed by atoms with van der Waals surface area (Å²) in [5.41, 5.74) is -0.0283. The lowest BCUT2D eigenvalue weighted by molar-refractivity contribution is -0.114. The number of rotatable bonds is 3. The third-order valence-electron chi connectivity index (χ3n) is 1.75. The fourth-order valence-corrected chi connectivity index (χ4v) is 2.94. The average Bonchev–Trinajstić information content (AvgIpc) is 2.57. The number of hydrogen-bond acceptors (Lipinski definition) is 6. The van der Waals surface area contributed by atoms with E-state index in [1.54, 1.807) is 0 Å². The number of thioether (sulfide) groups is 1. The Morgan fingerprint density at radius 1 is 1.69 bits per heavy atom. The molecule has 2 aromatic rings. The molecule has 0 bridgehead atoms. The van der Waals surface area contributed by atoms with Gasteiger partial charge < -0.3 is 10.1 Å². The van der Waals surface area contributed by atoms with Gasteiger partial charge >= 0.3 is 0 Å². The molecule has 0 atom stereocenters. The first-order valence-electron chi connectivity index (χ1n) is 4.41. The summed E-state index contributed by atoms with van der Waals surface area (Å²) in [6, 6.07) is 1.11. The van der Waals surface area contributed by atoms with Crippen LogP contribution in [-0.4, -0.2) is 26.6 Å². The Kier molecular flexibility index (Phi) is 2.97. The fraction of sp³-hybridized carbons (Fsp3) is 0.222. The third kappa shape index (κ3) is 2.25. The van der Waals surface area contributed by atoms with Gasteiger partial charge in [-0.1, -0.05) is 11.8 Å². The first kappa shape index (κ1) is 11.2. The molecule has 0 aliphatic rings. The number of aromatic amines is 1. The van der Waals surface area contributed by atoms with Crippen LogP contribution < -0.4 is 5.56 Å². The lowest BCUT2D eigenvalue weighted by Gasteiger charge is -1.89. The van der Waals surface area contributed by atoms with Crippen molar-refractivity contribution in [1.82, 2.24) is 9.97 Å². The van der Waals surface area contributed by atoms with Crippen molar-refractivity contribution < 1.29 is 9.90 Å². The maximum absolute atomic E-state index is 11.1. The standard InChI is InChI=1S/C9H8N2O3S2/c1-4(12)3-15-9-11-8-7(16-9)5(13)2-6(14)10-8/h2H,3H2,1H3,(H2,10,13,14). The number of pyridine rings is 1. The first-order valence-corrected chi connectivity index (χ1v) is 6.21. The number of nitrogens with one attached hydrogen (secondary N) is 1. The quantitative estimate of drug-likeness (QED) is 0.810. The zero-order valence-electron chi connectivity index (χ0n) is 8.31. The molecule has 0 amide bonds. The second-order valence-corrected chi connectivity index (χ2v) is 5.39. The van der Waals surface area contributed by atoms with Crippen molar-refractivity contribution in [3.05, 3.63) is 16.4 Å². The van der Waals surface area contributed by atoms with Crippen molar-refractivity contribution in [2.24, 2.45) is 0 Å². The second-order valence-electron chi connectivity index (χ2n) is 3.17. The molecular formula is C9H8N2O3S2. The Bertz CT molecular complexity index is 602. The van der Waals surface area contributed by atoms with E-state index in [1.165, 1.54) is 30.0 Å². The predicted molar refractivity (Wildman–Crippen MR) is 63.3 cm³/mol. The minimum absolute atomic E-state index is 0.0574. The molecule has 2 N–H and O–H groups in total. The van der Waals surface area contributed by atoms with Gasteiger partial charge in [0.2, 0.25) is 0 Å². The normalized spacial score (nSPS) is 10.8. The van der Waals surface area contributed by atoms with Crippen LogP contribution in [0.4, 0.5) is 0 Å². The zero-order chi connectivity index (χ0) is 11.7. The number of H-pyrrole nitrogens is 1. The summed E-state index contributed by atoms with van der Waals surface area (Å²) < 4.78 is 1.19. The van der Waals surface area contributed by atoms with Gasteiger partial charge in [-0.25, -0.2) is 4.98 Å². The molecular weight excluding hydrogens is 248 g/mol. The van der Waals surface area contributed by atoms with E-state index in [2.05, 4.69) is 9.97 Å². The minimum Gasteiger partial charge on any atom is -0.506 e. The van der Waals surface area contributed by atoms with Crippen LogP contribution in [0.5, 0.6) is 5.75 Å². The van der Waals surface area contributed by atoms with Gasteiger partial charge in [-0.3, -0.25) is 9.59 Å². The number of fused-ring (bicyclic) bond motifs is 1. The van der Waals surface area contributed by atoms with E-state index in [4.69, 9.17) is 0 Å². The van der Waals surface area contributed by atoms with Crippen molar-refractivity contribution in [3.63, 3.8) is 0 Å². The van der Waals surface area contributed by atoms with Crippen LogP contribution in [0, 0.1) is 0 Å². The van der Waals surface area contributed by atoms with E-state index >= 15 is 0 Å². The summed E-state index contributed by atoms with van der Waals surface area (Å²) in [5, 5.41) is 9.52. The zero-order valence-corrected chi connectivity index (χ0v) is 9.94. The van der Waals surface area contributed by atoms with Gasteiger partial charge in [-0.15, -0.1) is 11.3 Å². The number of aromatic nitrogens is 2. The Morgan fingerprint density at radius 3 is 3.12 bits per heavy atom. The van der Waals surface area contributed by atoms with Crippen LogP contribution in [-0.2, 0) is 4.79 Å². The molecule has 0 aromatic carbocycles. The van der Waals surface area contributed by atoms with Crippen LogP contribution in [0.2, 0.25) is 0 Å². The second kappa shape index (κ2) is 4.26. The van der Waals surface area contributed by atoms with Gasteiger partial charge in [0.15, 0.2) is 9.99 Å². The number of hydrogen-bond donors (Lipinski definition) is 2. The van der Waals surface area contributed by atoms with E-state index in [0.29, 0.717) is 20.4 Å². The highest BCUT2D eigenvalue weighted by atomic mass is 32.2. The molecule has 16 heavy (non-hydrogen) atoms. The highest BCUT2D eigenvalue weighted by Gasteiger charge is 2.10. The van der Waals surface area contributed by atoms with E-state index in [1.807, 2.05) is 0 Å². The van der Waals surface area contributed by atoms with Gasteiger partial charge in [0.25, 0.3) is 5.56 Å². The number of ketones is 1. The molecule has 0 unspecified atom stereocenters. The molecule has 0 saturated heterocycles. The number of carbonyl (C=O) groups is 1. The molecule has 2 aromatic heterocycles. The van der Waals surface area contributed by atoms with Crippen molar-refractivity contribution in [2.45, 2.75) is 11.3 Å². The SMILES string of the molecule is CC(=O)CSc1nc2[nH]c(=O)cc(O)c2s1. The van der Waals surface area contributed by atoms with Crippen molar-refractivity contribution in [3.8, 4) is 5.75 Å². The fourth-order valence-electron chi connectivity index (χ4n) is 1.13. The first-order chi connectivity index (χ1) is 7.56. The summed E-state index contributed by atoms with van der Waals surface area (Å²) in [7, 11) is 0. The van der Waals surface area contributed by atoms with Gasteiger partial charge in [0.1, 0.15) is 16.2 Å².